The van der Waals surface area contributed by atoms with Crippen molar-refractivity contribution in [3.05, 3.63) is 0 Å². The predicted molar refractivity (Wildman–Crippen MR) is 63.2 cm³/mol. The minimum Gasteiger partial charge on any atom is -0.383 e. The lowest BCUT2D eigenvalue weighted by molar-refractivity contribution is -0.122. The second-order valence-corrected chi connectivity index (χ2v) is 4.51. The van der Waals surface area contributed by atoms with E-state index in [4.69, 9.17) is 16.3 Å². The van der Waals surface area contributed by atoms with Crippen molar-refractivity contribution in [2.24, 2.45) is 5.92 Å². The Labute approximate surface area is 97.5 Å². The fourth-order valence-corrected chi connectivity index (χ4v) is 1.51. The number of hydrogen-bond acceptors (Lipinski definition) is 2. The molecule has 0 rings (SSSR count). The van der Waals surface area contributed by atoms with Crippen LogP contribution in [0.1, 0.15) is 33.1 Å². The van der Waals surface area contributed by atoms with Crippen molar-refractivity contribution in [3.8, 4) is 0 Å². The maximum absolute atomic E-state index is 11.5. The number of rotatable bonds is 8. The summed E-state index contributed by atoms with van der Waals surface area (Å²) in [5.41, 5.74) is 0. The second kappa shape index (κ2) is 8.98. The first-order chi connectivity index (χ1) is 7.10. The molecule has 1 N–H and O–H groups in total. The molecule has 1 amide bonds. The summed E-state index contributed by atoms with van der Waals surface area (Å²) in [6.07, 6.45) is 2.26. The summed E-state index contributed by atoms with van der Waals surface area (Å²) >= 11 is 5.64. The second-order valence-electron chi connectivity index (χ2n) is 4.13. The van der Waals surface area contributed by atoms with E-state index in [1.807, 2.05) is 0 Å². The molecule has 0 aliphatic rings. The summed E-state index contributed by atoms with van der Waals surface area (Å²) in [6.45, 7) is 4.75. The number of halogens is 1. The highest BCUT2D eigenvalue weighted by Gasteiger charge is 2.11. The molecular formula is C11H22ClNO2. The highest BCUT2D eigenvalue weighted by Crippen LogP contribution is 2.04. The molecule has 3 nitrogen and oxygen atoms in total. The number of carbonyl (C=O) groups is 1. The van der Waals surface area contributed by atoms with Gasteiger partial charge in [0.05, 0.1) is 12.6 Å². The molecule has 0 aromatic rings. The van der Waals surface area contributed by atoms with Crippen molar-refractivity contribution in [2.75, 3.05) is 19.6 Å². The third kappa shape index (κ3) is 8.70. The Balaban J connectivity index is 3.77. The van der Waals surface area contributed by atoms with Gasteiger partial charge in [0.25, 0.3) is 0 Å². The van der Waals surface area contributed by atoms with Gasteiger partial charge in [0.15, 0.2) is 0 Å². The summed E-state index contributed by atoms with van der Waals surface area (Å²) in [5.74, 6) is 1.19. The maximum Gasteiger partial charge on any atom is 0.220 e. The molecule has 0 aliphatic carbocycles. The summed E-state index contributed by atoms with van der Waals surface area (Å²) < 4.78 is 5.01. The van der Waals surface area contributed by atoms with Crippen LogP contribution in [0.15, 0.2) is 0 Å². The van der Waals surface area contributed by atoms with E-state index in [9.17, 15) is 4.79 Å². The topological polar surface area (TPSA) is 38.3 Å². The third-order valence-corrected chi connectivity index (χ3v) is 2.36. The molecule has 4 heteroatoms. The lowest BCUT2D eigenvalue weighted by Gasteiger charge is -2.17. The Hall–Kier alpha value is -0.280. The van der Waals surface area contributed by atoms with E-state index in [1.54, 1.807) is 7.11 Å². The number of ether oxygens (including phenoxy) is 1. The Kier molecular flexibility index (Phi) is 8.82. The van der Waals surface area contributed by atoms with Crippen LogP contribution in [0.5, 0.6) is 0 Å². The number of amides is 1. The summed E-state index contributed by atoms with van der Waals surface area (Å²) in [6, 6.07) is 0.0483. The first-order valence-electron chi connectivity index (χ1n) is 5.44. The first-order valence-corrected chi connectivity index (χ1v) is 5.97. The lowest BCUT2D eigenvalue weighted by atomic mass is 10.1. The fraction of sp³-hybridized carbons (Fsp3) is 0.909. The number of carbonyl (C=O) groups excluding carboxylic acids is 1. The van der Waals surface area contributed by atoms with Gasteiger partial charge in [-0.2, -0.15) is 0 Å². The van der Waals surface area contributed by atoms with Crippen LogP contribution in [0, 0.1) is 5.92 Å². The van der Waals surface area contributed by atoms with E-state index in [0.717, 1.165) is 12.8 Å². The van der Waals surface area contributed by atoms with Crippen molar-refractivity contribution in [1.82, 2.24) is 5.32 Å². The van der Waals surface area contributed by atoms with E-state index in [2.05, 4.69) is 19.2 Å². The van der Waals surface area contributed by atoms with Gasteiger partial charge in [0.1, 0.15) is 0 Å². The minimum atomic E-state index is 0.0483. The highest BCUT2D eigenvalue weighted by atomic mass is 35.5. The molecule has 0 saturated carbocycles. The molecule has 0 aromatic heterocycles. The van der Waals surface area contributed by atoms with Crippen LogP contribution in [-0.2, 0) is 9.53 Å². The van der Waals surface area contributed by atoms with E-state index in [0.29, 0.717) is 24.8 Å². The van der Waals surface area contributed by atoms with Crippen LogP contribution >= 0.6 is 11.6 Å². The van der Waals surface area contributed by atoms with Gasteiger partial charge in [-0.05, 0) is 18.8 Å². The molecular weight excluding hydrogens is 214 g/mol. The Morgan fingerprint density at radius 1 is 1.40 bits per heavy atom. The highest BCUT2D eigenvalue weighted by molar-refractivity contribution is 6.17. The average Bonchev–Trinajstić information content (AvgIpc) is 2.15. The van der Waals surface area contributed by atoms with E-state index in [1.165, 1.54) is 0 Å². The molecule has 0 spiro atoms. The summed E-state index contributed by atoms with van der Waals surface area (Å²) in [4.78, 5) is 11.5. The minimum absolute atomic E-state index is 0.0483. The van der Waals surface area contributed by atoms with Crippen molar-refractivity contribution < 1.29 is 9.53 Å². The van der Waals surface area contributed by atoms with Crippen molar-refractivity contribution in [2.45, 2.75) is 39.2 Å². The van der Waals surface area contributed by atoms with Gasteiger partial charge in [-0.1, -0.05) is 13.8 Å². The monoisotopic (exact) mass is 235 g/mol. The van der Waals surface area contributed by atoms with Crippen molar-refractivity contribution in [1.29, 1.82) is 0 Å². The molecule has 90 valence electrons. The third-order valence-electron chi connectivity index (χ3n) is 2.14. The molecule has 1 unspecified atom stereocenters. The van der Waals surface area contributed by atoms with Crippen molar-refractivity contribution >= 4 is 17.5 Å². The molecule has 0 heterocycles. The first kappa shape index (κ1) is 14.7. The van der Waals surface area contributed by atoms with Crippen LogP contribution in [0.4, 0.5) is 0 Å². The van der Waals surface area contributed by atoms with Crippen LogP contribution in [-0.4, -0.2) is 31.5 Å². The molecule has 0 fully saturated rings. The van der Waals surface area contributed by atoms with E-state index < -0.39 is 0 Å². The summed E-state index contributed by atoms with van der Waals surface area (Å²) in [7, 11) is 1.63. The summed E-state index contributed by atoms with van der Waals surface area (Å²) in [5, 5.41) is 2.93. The Morgan fingerprint density at radius 3 is 2.53 bits per heavy atom. The predicted octanol–water partition coefficient (Wildman–Crippen LogP) is 2.18. The van der Waals surface area contributed by atoms with Crippen molar-refractivity contribution in [3.63, 3.8) is 0 Å². The van der Waals surface area contributed by atoms with E-state index >= 15 is 0 Å². The van der Waals surface area contributed by atoms with Gasteiger partial charge in [0, 0.05) is 19.4 Å². The molecule has 0 saturated heterocycles. The van der Waals surface area contributed by atoms with E-state index in [-0.39, 0.29) is 11.9 Å². The normalized spacial score (nSPS) is 12.9. The molecule has 15 heavy (non-hydrogen) atoms. The number of methoxy groups -OCH3 is 1. The SMILES string of the molecule is COCC(CCCl)NC(=O)CCC(C)C. The standard InChI is InChI=1S/C11H22ClNO2/c1-9(2)4-5-11(14)13-10(6-7-12)8-15-3/h9-10H,4-8H2,1-3H3,(H,13,14). The van der Waals surface area contributed by atoms with Gasteiger partial charge in [-0.25, -0.2) is 0 Å². The molecule has 0 bridgehead atoms. The smallest absolute Gasteiger partial charge is 0.220 e. The van der Waals surface area contributed by atoms with Crippen LogP contribution in [0.25, 0.3) is 0 Å². The Bertz CT molecular complexity index is 168. The lowest BCUT2D eigenvalue weighted by Crippen LogP contribution is -2.38. The zero-order chi connectivity index (χ0) is 11.7. The van der Waals surface area contributed by atoms with Crippen LogP contribution in [0.3, 0.4) is 0 Å². The zero-order valence-electron chi connectivity index (χ0n) is 9.88. The van der Waals surface area contributed by atoms with Gasteiger partial charge in [0.2, 0.25) is 5.91 Å². The number of alkyl halides is 1. The number of nitrogens with one attached hydrogen (secondary N) is 1. The largest absolute Gasteiger partial charge is 0.383 e. The molecule has 0 radical (unpaired) electrons. The Morgan fingerprint density at radius 2 is 2.07 bits per heavy atom. The van der Waals surface area contributed by atoms with Crippen LogP contribution < -0.4 is 5.32 Å². The zero-order valence-corrected chi connectivity index (χ0v) is 10.6. The maximum atomic E-state index is 11.5. The molecule has 1 atom stereocenters. The quantitative estimate of drug-likeness (QED) is 0.655. The van der Waals surface area contributed by atoms with Gasteiger partial charge in [-0.15, -0.1) is 11.6 Å². The molecule has 0 aliphatic heterocycles. The fourth-order valence-electron chi connectivity index (χ4n) is 1.25. The van der Waals surface area contributed by atoms with Crippen LogP contribution in [0.2, 0.25) is 0 Å². The van der Waals surface area contributed by atoms with Gasteiger partial charge < -0.3 is 10.1 Å². The van der Waals surface area contributed by atoms with Gasteiger partial charge >= 0.3 is 0 Å². The number of hydrogen-bond donors (Lipinski definition) is 1. The molecule has 0 aromatic carbocycles. The average molecular weight is 236 g/mol. The van der Waals surface area contributed by atoms with Gasteiger partial charge in [-0.3, -0.25) is 4.79 Å².